The number of hydrogen-bond donors (Lipinski definition) is 1. The Morgan fingerprint density at radius 2 is 1.22 bits per heavy atom. The molecular weight excluding hydrogens is 255 g/mol. The van der Waals surface area contributed by atoms with Gasteiger partial charge < -0.3 is 10.2 Å². The number of rotatable bonds is 3. The van der Waals surface area contributed by atoms with Gasteiger partial charge in [-0.05, 0) is 16.2 Å². The monoisotopic (exact) mass is 266 g/mol. The molecule has 2 rings (SSSR count). The standard InChI is InChI=1S/C14H12O2S.Na/c15-13(17)14(16,11-7-3-1-4-8-11)12-9-5-2-6-10-12;/h1-10,16H,(H,15,17);/q;+1/p-1. The van der Waals surface area contributed by atoms with E-state index >= 15 is 0 Å². The molecule has 86 valence electrons. The van der Waals surface area contributed by atoms with Crippen molar-refractivity contribution in [3.8, 4) is 0 Å². The largest absolute Gasteiger partial charge is 1.00 e. The van der Waals surface area contributed by atoms with Crippen molar-refractivity contribution in [3.05, 3.63) is 71.8 Å². The average Bonchev–Trinajstić information content (AvgIpc) is 2.39. The van der Waals surface area contributed by atoms with Crippen molar-refractivity contribution in [1.82, 2.24) is 0 Å². The summed E-state index contributed by atoms with van der Waals surface area (Å²) >= 11 is 4.69. The number of hydrogen-bond acceptors (Lipinski definition) is 3. The topological polar surface area (TPSA) is 43.3 Å². The van der Waals surface area contributed by atoms with Crippen LogP contribution in [0.5, 0.6) is 0 Å². The van der Waals surface area contributed by atoms with Crippen molar-refractivity contribution in [2.24, 2.45) is 0 Å². The molecule has 0 unspecified atom stereocenters. The number of thiocarbonyl (C=S) groups is 1. The molecule has 0 heterocycles. The van der Waals surface area contributed by atoms with Gasteiger partial charge in [-0.1, -0.05) is 72.9 Å². The molecule has 0 amide bonds. The molecule has 0 spiro atoms. The Labute approximate surface area is 134 Å². The molecule has 0 saturated carbocycles. The minimum absolute atomic E-state index is 0. The smallest absolute Gasteiger partial charge is 0.865 e. The zero-order valence-corrected chi connectivity index (χ0v) is 12.9. The van der Waals surface area contributed by atoms with Crippen LogP contribution in [0.1, 0.15) is 11.1 Å². The van der Waals surface area contributed by atoms with E-state index in [2.05, 4.69) is 12.2 Å². The van der Waals surface area contributed by atoms with E-state index in [1.807, 2.05) is 12.1 Å². The first-order chi connectivity index (χ1) is 8.15. The fraction of sp³-hybridized carbons (Fsp3) is 0.0714. The van der Waals surface area contributed by atoms with E-state index in [0.717, 1.165) is 0 Å². The van der Waals surface area contributed by atoms with E-state index < -0.39 is 10.7 Å². The predicted molar refractivity (Wildman–Crippen MR) is 68.5 cm³/mol. The Balaban J connectivity index is 0.00000162. The Kier molecular flexibility index (Phi) is 5.50. The Bertz CT molecular complexity index is 474. The molecule has 0 fully saturated rings. The van der Waals surface area contributed by atoms with Crippen molar-refractivity contribution in [1.29, 1.82) is 0 Å². The summed E-state index contributed by atoms with van der Waals surface area (Å²) in [5, 5.41) is 21.5. The second-order valence-corrected chi connectivity index (χ2v) is 4.10. The van der Waals surface area contributed by atoms with E-state index in [-0.39, 0.29) is 29.6 Å². The third kappa shape index (κ3) is 2.82. The summed E-state index contributed by atoms with van der Waals surface area (Å²) in [6.45, 7) is 0. The molecule has 18 heavy (non-hydrogen) atoms. The maximum absolute atomic E-state index is 11.6. The van der Waals surface area contributed by atoms with Crippen LogP contribution in [-0.2, 0) is 5.60 Å². The molecule has 0 bridgehead atoms. The van der Waals surface area contributed by atoms with Gasteiger partial charge in [0.15, 0.2) is 0 Å². The van der Waals surface area contributed by atoms with Gasteiger partial charge in [-0.2, -0.15) is 0 Å². The van der Waals surface area contributed by atoms with Gasteiger partial charge in [0.05, 0.1) is 0 Å². The summed E-state index contributed by atoms with van der Waals surface area (Å²) in [5.74, 6) is 0. The van der Waals surface area contributed by atoms with Crippen LogP contribution in [0.25, 0.3) is 0 Å². The van der Waals surface area contributed by atoms with E-state index in [0.29, 0.717) is 11.1 Å². The molecule has 2 nitrogen and oxygen atoms in total. The Morgan fingerprint density at radius 1 is 0.889 bits per heavy atom. The molecule has 0 atom stereocenters. The van der Waals surface area contributed by atoms with Crippen molar-refractivity contribution >= 4 is 17.3 Å². The minimum Gasteiger partial charge on any atom is -0.865 e. The van der Waals surface area contributed by atoms with Crippen LogP contribution < -0.4 is 34.7 Å². The van der Waals surface area contributed by atoms with Crippen LogP contribution in [0.4, 0.5) is 0 Å². The SMILES string of the molecule is [Na+].[O-]C(=S)C(O)(c1ccccc1)c1ccccc1. The molecule has 0 radical (unpaired) electrons. The maximum Gasteiger partial charge on any atom is 1.00 e. The van der Waals surface area contributed by atoms with Crippen molar-refractivity contribution < 1.29 is 39.8 Å². The van der Waals surface area contributed by atoms with Gasteiger partial charge in [-0.15, -0.1) is 0 Å². The first-order valence-corrected chi connectivity index (χ1v) is 5.61. The first-order valence-electron chi connectivity index (χ1n) is 5.20. The first kappa shape index (κ1) is 15.3. The maximum atomic E-state index is 11.6. The van der Waals surface area contributed by atoms with E-state index in [4.69, 9.17) is 0 Å². The van der Waals surface area contributed by atoms with Gasteiger partial charge >= 0.3 is 29.6 Å². The fourth-order valence-electron chi connectivity index (χ4n) is 1.76. The summed E-state index contributed by atoms with van der Waals surface area (Å²) in [5.41, 5.74) is -0.755. The van der Waals surface area contributed by atoms with Crippen molar-refractivity contribution in [2.45, 2.75) is 5.60 Å². The van der Waals surface area contributed by atoms with E-state index in [9.17, 15) is 10.2 Å². The molecule has 0 saturated heterocycles. The quantitative estimate of drug-likeness (QED) is 0.550. The van der Waals surface area contributed by atoms with Crippen molar-refractivity contribution in [2.75, 3.05) is 0 Å². The van der Waals surface area contributed by atoms with Gasteiger partial charge in [-0.25, -0.2) is 0 Å². The molecule has 2 aromatic carbocycles. The van der Waals surface area contributed by atoms with Crippen LogP contribution in [0, 0.1) is 0 Å². The predicted octanol–water partition coefficient (Wildman–Crippen LogP) is -1.39. The third-order valence-electron chi connectivity index (χ3n) is 2.68. The summed E-state index contributed by atoms with van der Waals surface area (Å²) in [4.78, 5) is 0. The Hall–Kier alpha value is -0.710. The van der Waals surface area contributed by atoms with Crippen LogP contribution in [0.3, 0.4) is 0 Å². The van der Waals surface area contributed by atoms with Gasteiger partial charge in [-0.3, -0.25) is 0 Å². The summed E-state index contributed by atoms with van der Waals surface area (Å²) in [6, 6.07) is 17.5. The minimum atomic E-state index is -1.74. The molecule has 0 aliphatic heterocycles. The summed E-state index contributed by atoms with van der Waals surface area (Å²) in [6.07, 6.45) is 0. The van der Waals surface area contributed by atoms with Crippen LogP contribution in [-0.4, -0.2) is 10.2 Å². The van der Waals surface area contributed by atoms with Crippen molar-refractivity contribution in [3.63, 3.8) is 0 Å². The van der Waals surface area contributed by atoms with E-state index in [1.54, 1.807) is 48.5 Å². The van der Waals surface area contributed by atoms with Crippen LogP contribution >= 0.6 is 12.2 Å². The third-order valence-corrected chi connectivity index (χ3v) is 2.97. The van der Waals surface area contributed by atoms with Gasteiger partial charge in [0, 0.05) is 0 Å². The van der Waals surface area contributed by atoms with Crippen LogP contribution in [0.2, 0.25) is 0 Å². The fourth-order valence-corrected chi connectivity index (χ4v) is 2.00. The second-order valence-electron chi connectivity index (χ2n) is 3.73. The molecule has 0 aromatic heterocycles. The molecule has 0 aliphatic rings. The molecule has 2 aromatic rings. The van der Waals surface area contributed by atoms with Gasteiger partial charge in [0.25, 0.3) is 0 Å². The normalized spacial score (nSPS) is 10.5. The number of benzene rings is 2. The zero-order chi connectivity index (χ0) is 12.3. The zero-order valence-electron chi connectivity index (χ0n) is 10.0. The number of aliphatic hydroxyl groups is 1. The van der Waals surface area contributed by atoms with Gasteiger partial charge in [0.1, 0.15) is 5.60 Å². The molecule has 0 aliphatic carbocycles. The van der Waals surface area contributed by atoms with Gasteiger partial charge in [0.2, 0.25) is 0 Å². The molecule has 1 N–H and O–H groups in total. The van der Waals surface area contributed by atoms with E-state index in [1.165, 1.54) is 0 Å². The van der Waals surface area contributed by atoms with Crippen LogP contribution in [0.15, 0.2) is 60.7 Å². The molecular formula is C14H11NaO2S. The second kappa shape index (κ2) is 6.45. The summed E-state index contributed by atoms with van der Waals surface area (Å²) < 4.78 is 0. The molecule has 4 heteroatoms. The Morgan fingerprint density at radius 3 is 1.50 bits per heavy atom. The average molecular weight is 266 g/mol. The summed E-state index contributed by atoms with van der Waals surface area (Å²) in [7, 11) is 0.